The van der Waals surface area contributed by atoms with Crippen LogP contribution in [0, 0.1) is 11.3 Å². The Morgan fingerprint density at radius 1 is 1.08 bits per heavy atom. The number of benzene rings is 1. The van der Waals surface area contributed by atoms with Crippen molar-refractivity contribution in [2.24, 2.45) is 11.3 Å². The van der Waals surface area contributed by atoms with E-state index < -0.39 is 0 Å². The van der Waals surface area contributed by atoms with E-state index in [2.05, 4.69) is 69.8 Å². The molecule has 0 saturated heterocycles. The van der Waals surface area contributed by atoms with E-state index in [1.165, 1.54) is 56.1 Å². The Labute approximate surface area is 162 Å². The summed E-state index contributed by atoms with van der Waals surface area (Å²) >= 11 is 0. The Balaban J connectivity index is 2.30. The monoisotopic (exact) mass is 350 g/mol. The second kappa shape index (κ2) is 10.6. The van der Waals surface area contributed by atoms with Gasteiger partial charge >= 0.3 is 0 Å². The molecule has 0 heterocycles. The van der Waals surface area contributed by atoms with Crippen LogP contribution in [0.3, 0.4) is 0 Å². The minimum Gasteiger partial charge on any atom is -0.0985 e. The van der Waals surface area contributed by atoms with E-state index in [0.717, 1.165) is 12.8 Å². The van der Waals surface area contributed by atoms with E-state index in [9.17, 15) is 0 Å². The maximum atomic E-state index is 4.03. The van der Waals surface area contributed by atoms with Gasteiger partial charge in [-0.2, -0.15) is 0 Å². The molecule has 1 aromatic rings. The van der Waals surface area contributed by atoms with Crippen molar-refractivity contribution < 1.29 is 0 Å². The van der Waals surface area contributed by atoms with Gasteiger partial charge < -0.3 is 0 Å². The van der Waals surface area contributed by atoms with Crippen LogP contribution < -0.4 is 0 Å². The summed E-state index contributed by atoms with van der Waals surface area (Å²) in [7, 11) is 0. The molecule has 2 rings (SSSR count). The van der Waals surface area contributed by atoms with Crippen molar-refractivity contribution >= 4 is 6.08 Å². The fourth-order valence-corrected chi connectivity index (χ4v) is 4.77. The van der Waals surface area contributed by atoms with Crippen LogP contribution >= 0.6 is 0 Å². The summed E-state index contributed by atoms with van der Waals surface area (Å²) in [5, 5.41) is 0. The lowest BCUT2D eigenvalue weighted by atomic mass is 9.70. The molecule has 0 saturated carbocycles. The molecular weight excluding hydrogens is 312 g/mol. The Kier molecular flexibility index (Phi) is 8.42. The highest BCUT2D eigenvalue weighted by molar-refractivity contribution is 5.52. The molecule has 0 heteroatoms. The largest absolute Gasteiger partial charge is 0.0985 e. The van der Waals surface area contributed by atoms with Crippen molar-refractivity contribution in [1.82, 2.24) is 0 Å². The molecule has 0 spiro atoms. The lowest BCUT2D eigenvalue weighted by molar-refractivity contribution is 0.210. The third-order valence-corrected chi connectivity index (χ3v) is 5.97. The average Bonchev–Trinajstić information content (AvgIpc) is 2.91. The van der Waals surface area contributed by atoms with Crippen molar-refractivity contribution in [1.29, 1.82) is 0 Å². The van der Waals surface area contributed by atoms with Gasteiger partial charge in [0.05, 0.1) is 0 Å². The van der Waals surface area contributed by atoms with Gasteiger partial charge in [0.25, 0.3) is 0 Å². The molecule has 1 aliphatic carbocycles. The topological polar surface area (TPSA) is 0 Å². The van der Waals surface area contributed by atoms with Crippen LogP contribution in [0.4, 0.5) is 0 Å². The highest BCUT2D eigenvalue weighted by Crippen LogP contribution is 2.41. The van der Waals surface area contributed by atoms with Crippen LogP contribution in [0.5, 0.6) is 0 Å². The van der Waals surface area contributed by atoms with Gasteiger partial charge in [0.15, 0.2) is 0 Å². The number of hydrogen-bond acceptors (Lipinski definition) is 0. The van der Waals surface area contributed by atoms with Gasteiger partial charge in [0, 0.05) is 0 Å². The van der Waals surface area contributed by atoms with Crippen LogP contribution in [0.25, 0.3) is 6.08 Å². The summed E-state index contributed by atoms with van der Waals surface area (Å²) in [6.07, 6.45) is 20.5. The predicted molar refractivity (Wildman–Crippen MR) is 117 cm³/mol. The Hall–Kier alpha value is -1.56. The first kappa shape index (κ1) is 20.7. The van der Waals surface area contributed by atoms with Crippen LogP contribution in [-0.2, 0) is 6.42 Å². The molecule has 1 aliphatic rings. The predicted octanol–water partition coefficient (Wildman–Crippen LogP) is 8.15. The van der Waals surface area contributed by atoms with Crippen LogP contribution in [0.2, 0.25) is 0 Å². The highest BCUT2D eigenvalue weighted by Gasteiger charge is 2.28. The van der Waals surface area contributed by atoms with Gasteiger partial charge in [-0.05, 0) is 67.4 Å². The number of rotatable bonds is 10. The Bertz CT molecular complexity index is 611. The molecule has 142 valence electrons. The lowest BCUT2D eigenvalue weighted by Crippen LogP contribution is -2.23. The SMILES string of the molecule is C=Cc1ccccc1CC(CC(C)(CCC)CCC)C1=CCCC=CC1. The summed E-state index contributed by atoms with van der Waals surface area (Å²) < 4.78 is 0. The lowest BCUT2D eigenvalue weighted by Gasteiger charge is -2.35. The van der Waals surface area contributed by atoms with Gasteiger partial charge in [0.1, 0.15) is 0 Å². The van der Waals surface area contributed by atoms with E-state index in [-0.39, 0.29) is 0 Å². The molecule has 0 radical (unpaired) electrons. The third kappa shape index (κ3) is 6.01. The Morgan fingerprint density at radius 2 is 1.81 bits per heavy atom. The maximum Gasteiger partial charge on any atom is -0.0136 e. The van der Waals surface area contributed by atoms with Crippen molar-refractivity contribution in [2.45, 2.75) is 78.6 Å². The van der Waals surface area contributed by atoms with E-state index in [4.69, 9.17) is 0 Å². The van der Waals surface area contributed by atoms with Gasteiger partial charge in [0.2, 0.25) is 0 Å². The van der Waals surface area contributed by atoms with E-state index in [0.29, 0.717) is 11.3 Å². The average molecular weight is 351 g/mol. The van der Waals surface area contributed by atoms with Crippen molar-refractivity contribution in [3.8, 4) is 0 Å². The molecular formula is C26H38. The van der Waals surface area contributed by atoms with Gasteiger partial charge in [-0.25, -0.2) is 0 Å². The molecule has 1 unspecified atom stereocenters. The second-order valence-corrected chi connectivity index (χ2v) is 8.35. The van der Waals surface area contributed by atoms with Crippen molar-refractivity contribution in [2.75, 3.05) is 0 Å². The maximum absolute atomic E-state index is 4.03. The van der Waals surface area contributed by atoms with E-state index >= 15 is 0 Å². The van der Waals surface area contributed by atoms with Crippen molar-refractivity contribution in [3.63, 3.8) is 0 Å². The molecule has 0 bridgehead atoms. The van der Waals surface area contributed by atoms with E-state index in [1.807, 2.05) is 6.08 Å². The highest BCUT2D eigenvalue weighted by atomic mass is 14.3. The summed E-state index contributed by atoms with van der Waals surface area (Å²) in [4.78, 5) is 0. The first-order valence-electron chi connectivity index (χ1n) is 10.7. The van der Waals surface area contributed by atoms with Gasteiger partial charge in [-0.1, -0.05) is 94.3 Å². The molecule has 1 atom stereocenters. The minimum atomic E-state index is 0.453. The fraction of sp³-hybridized carbons (Fsp3) is 0.538. The third-order valence-electron chi connectivity index (χ3n) is 5.97. The van der Waals surface area contributed by atoms with Gasteiger partial charge in [-0.3, -0.25) is 0 Å². The number of hydrogen-bond donors (Lipinski definition) is 0. The molecule has 0 fully saturated rings. The summed E-state index contributed by atoms with van der Waals surface area (Å²) in [5.41, 5.74) is 4.87. The van der Waals surface area contributed by atoms with Gasteiger partial charge in [-0.15, -0.1) is 0 Å². The first-order valence-corrected chi connectivity index (χ1v) is 10.7. The molecule has 0 amide bonds. The Morgan fingerprint density at radius 3 is 2.50 bits per heavy atom. The second-order valence-electron chi connectivity index (χ2n) is 8.35. The minimum absolute atomic E-state index is 0.453. The van der Waals surface area contributed by atoms with Crippen LogP contribution in [0.15, 0.2) is 54.6 Å². The zero-order valence-corrected chi connectivity index (χ0v) is 17.3. The molecule has 0 N–H and O–H groups in total. The normalized spacial score (nSPS) is 16.0. The molecule has 0 aliphatic heterocycles. The zero-order valence-electron chi connectivity index (χ0n) is 17.3. The molecule has 1 aromatic carbocycles. The standard InChI is InChI=1S/C26H38/c1-5-18-26(4,19-6-2)21-25(23-15-10-8-9-11-16-23)20-24-17-13-12-14-22(24)7-3/h7-8,10,12-14,16-17,25H,3,5-6,9,11,15,18-21H2,1-2,4H3. The summed E-state index contributed by atoms with van der Waals surface area (Å²) in [5.74, 6) is 0.641. The fourth-order valence-electron chi connectivity index (χ4n) is 4.77. The molecule has 0 nitrogen and oxygen atoms in total. The summed E-state index contributed by atoms with van der Waals surface area (Å²) in [6, 6.07) is 8.81. The van der Waals surface area contributed by atoms with Crippen LogP contribution in [0.1, 0.15) is 83.3 Å². The first-order chi connectivity index (χ1) is 12.6. The molecule has 0 aromatic heterocycles. The quantitative estimate of drug-likeness (QED) is 0.373. The van der Waals surface area contributed by atoms with E-state index in [1.54, 1.807) is 5.57 Å². The molecule has 26 heavy (non-hydrogen) atoms. The van der Waals surface area contributed by atoms with Crippen LogP contribution in [-0.4, -0.2) is 0 Å². The smallest absolute Gasteiger partial charge is 0.0136 e. The summed E-state index contributed by atoms with van der Waals surface area (Å²) in [6.45, 7) is 11.2. The zero-order chi connectivity index (χ0) is 18.8. The van der Waals surface area contributed by atoms with Crippen molar-refractivity contribution in [3.05, 3.63) is 65.8 Å². The number of allylic oxidation sites excluding steroid dienone is 4.